The molecule has 110 valence electrons. The molecular weight excluding hydrogens is 268 g/mol. The van der Waals surface area contributed by atoms with Gasteiger partial charge in [-0.25, -0.2) is 19.7 Å². The number of carbonyl (C=O) groups excluding carboxylic acids is 1. The second-order valence-corrected chi connectivity index (χ2v) is 5.10. The summed E-state index contributed by atoms with van der Waals surface area (Å²) in [5, 5.41) is 8.59. The van der Waals surface area contributed by atoms with E-state index in [4.69, 9.17) is 0 Å². The number of nitrogens with one attached hydrogen (secondary N) is 3. The second-order valence-electron chi connectivity index (χ2n) is 5.10. The van der Waals surface area contributed by atoms with Crippen LogP contribution in [0, 0.1) is 5.92 Å². The first-order valence-corrected chi connectivity index (χ1v) is 7.17. The summed E-state index contributed by atoms with van der Waals surface area (Å²) in [4.78, 5) is 24.6. The quantitative estimate of drug-likeness (QED) is 0.781. The van der Waals surface area contributed by atoms with Gasteiger partial charge in [0.25, 0.3) is 0 Å². The Morgan fingerprint density at radius 2 is 2.10 bits per heavy atom. The maximum atomic E-state index is 11.5. The van der Waals surface area contributed by atoms with Gasteiger partial charge < -0.3 is 10.6 Å². The zero-order chi connectivity index (χ0) is 14.7. The summed E-state index contributed by atoms with van der Waals surface area (Å²) >= 11 is 0. The molecule has 1 aliphatic rings. The van der Waals surface area contributed by atoms with Crippen LogP contribution in [-0.4, -0.2) is 34.1 Å². The number of aromatic nitrogens is 3. The number of hydrogen-bond donors (Lipinski definition) is 3. The van der Waals surface area contributed by atoms with Crippen molar-refractivity contribution < 1.29 is 4.79 Å². The van der Waals surface area contributed by atoms with E-state index in [1.54, 1.807) is 18.3 Å². The van der Waals surface area contributed by atoms with Gasteiger partial charge in [0.15, 0.2) is 5.65 Å². The van der Waals surface area contributed by atoms with E-state index < -0.39 is 0 Å². The number of nitrogens with zero attached hydrogens (tertiary/aromatic N) is 3. The molecule has 7 nitrogen and oxygen atoms in total. The summed E-state index contributed by atoms with van der Waals surface area (Å²) in [5.41, 5.74) is 1.22. The molecule has 0 aliphatic heterocycles. The lowest BCUT2D eigenvalue weighted by atomic mass is 10.4. The van der Waals surface area contributed by atoms with Crippen molar-refractivity contribution in [1.82, 2.24) is 20.3 Å². The van der Waals surface area contributed by atoms with Crippen LogP contribution in [0.15, 0.2) is 18.3 Å². The molecule has 2 aromatic rings. The molecule has 3 N–H and O–H groups in total. The molecule has 1 saturated carbocycles. The summed E-state index contributed by atoms with van der Waals surface area (Å²) in [6.45, 7) is 3.35. The van der Waals surface area contributed by atoms with Crippen molar-refractivity contribution in [2.45, 2.75) is 19.8 Å². The highest BCUT2D eigenvalue weighted by Crippen LogP contribution is 2.28. The predicted molar refractivity (Wildman–Crippen MR) is 81.2 cm³/mol. The van der Waals surface area contributed by atoms with Gasteiger partial charge in [0.05, 0.1) is 6.20 Å². The van der Waals surface area contributed by atoms with Gasteiger partial charge in [-0.2, -0.15) is 0 Å². The average molecular weight is 286 g/mol. The summed E-state index contributed by atoms with van der Waals surface area (Å²) < 4.78 is 0. The molecule has 3 rings (SSSR count). The van der Waals surface area contributed by atoms with Crippen LogP contribution in [0.5, 0.6) is 0 Å². The zero-order valence-electron chi connectivity index (χ0n) is 11.9. The monoisotopic (exact) mass is 286 g/mol. The summed E-state index contributed by atoms with van der Waals surface area (Å²) in [6, 6.07) is 3.23. The first-order valence-electron chi connectivity index (χ1n) is 7.17. The third-order valence-corrected chi connectivity index (χ3v) is 3.25. The van der Waals surface area contributed by atoms with E-state index in [1.807, 2.05) is 6.92 Å². The zero-order valence-corrected chi connectivity index (χ0v) is 11.9. The molecule has 0 atom stereocenters. The second kappa shape index (κ2) is 5.90. The fourth-order valence-corrected chi connectivity index (χ4v) is 1.94. The molecule has 0 radical (unpaired) electrons. The van der Waals surface area contributed by atoms with E-state index in [9.17, 15) is 4.79 Å². The van der Waals surface area contributed by atoms with Gasteiger partial charge in [0, 0.05) is 13.1 Å². The molecule has 2 heterocycles. The predicted octanol–water partition coefficient (Wildman–Crippen LogP) is 1.99. The van der Waals surface area contributed by atoms with Gasteiger partial charge in [-0.3, -0.25) is 5.32 Å². The van der Waals surface area contributed by atoms with Gasteiger partial charge in [-0.1, -0.05) is 0 Å². The van der Waals surface area contributed by atoms with Crippen molar-refractivity contribution >= 4 is 28.8 Å². The van der Waals surface area contributed by atoms with E-state index in [0.717, 1.165) is 18.3 Å². The standard InChI is InChI=1S/C14H18N6O/c1-2-15-14(21)20-11-6-5-10-13(18-11)19-12(8-16-10)17-7-9-3-4-9/h5-6,8-9H,2-4,7H2,1H3,(H3,15,17,18,19,20,21). The fraction of sp³-hybridized carbons (Fsp3) is 0.429. The normalized spacial score (nSPS) is 14.0. The van der Waals surface area contributed by atoms with Crippen molar-refractivity contribution in [1.29, 1.82) is 0 Å². The fourth-order valence-electron chi connectivity index (χ4n) is 1.94. The number of carbonyl (C=O) groups is 1. The van der Waals surface area contributed by atoms with Gasteiger partial charge in [0.1, 0.15) is 17.2 Å². The molecule has 2 amide bonds. The molecule has 0 spiro atoms. The van der Waals surface area contributed by atoms with Crippen LogP contribution < -0.4 is 16.0 Å². The first kappa shape index (κ1) is 13.5. The summed E-state index contributed by atoms with van der Waals surface area (Å²) in [5.74, 6) is 1.94. The van der Waals surface area contributed by atoms with Gasteiger partial charge in [0.2, 0.25) is 0 Å². The number of fused-ring (bicyclic) bond motifs is 1. The van der Waals surface area contributed by atoms with Crippen molar-refractivity contribution in [2.24, 2.45) is 5.92 Å². The maximum Gasteiger partial charge on any atom is 0.320 e. The number of hydrogen-bond acceptors (Lipinski definition) is 5. The highest BCUT2D eigenvalue weighted by Gasteiger charge is 2.20. The van der Waals surface area contributed by atoms with Gasteiger partial charge in [-0.05, 0) is 37.8 Å². The number of amides is 2. The van der Waals surface area contributed by atoms with Crippen molar-refractivity contribution in [3.63, 3.8) is 0 Å². The summed E-state index contributed by atoms with van der Waals surface area (Å²) in [6.07, 6.45) is 4.28. The lowest BCUT2D eigenvalue weighted by Crippen LogP contribution is -2.28. The Bertz CT molecular complexity index is 655. The molecule has 1 aliphatic carbocycles. The average Bonchev–Trinajstić information content (AvgIpc) is 3.29. The van der Waals surface area contributed by atoms with Crippen LogP contribution in [0.1, 0.15) is 19.8 Å². The highest BCUT2D eigenvalue weighted by molar-refractivity contribution is 5.89. The largest absolute Gasteiger partial charge is 0.368 e. The van der Waals surface area contributed by atoms with Crippen LogP contribution >= 0.6 is 0 Å². The van der Waals surface area contributed by atoms with Crippen molar-refractivity contribution in [3.05, 3.63) is 18.3 Å². The Balaban J connectivity index is 1.75. The third kappa shape index (κ3) is 3.56. The number of anilines is 2. The Hall–Kier alpha value is -2.44. The van der Waals surface area contributed by atoms with E-state index in [2.05, 4.69) is 30.9 Å². The molecule has 21 heavy (non-hydrogen) atoms. The van der Waals surface area contributed by atoms with Crippen LogP contribution in [0.2, 0.25) is 0 Å². The minimum atomic E-state index is -0.277. The van der Waals surface area contributed by atoms with Crippen LogP contribution in [0.25, 0.3) is 11.2 Å². The van der Waals surface area contributed by atoms with E-state index in [-0.39, 0.29) is 6.03 Å². The Labute approximate surface area is 122 Å². The van der Waals surface area contributed by atoms with Crippen LogP contribution in [-0.2, 0) is 0 Å². The van der Waals surface area contributed by atoms with E-state index in [1.165, 1.54) is 12.8 Å². The topological polar surface area (TPSA) is 91.8 Å². The Morgan fingerprint density at radius 1 is 1.29 bits per heavy atom. The molecule has 1 fully saturated rings. The summed E-state index contributed by atoms with van der Waals surface area (Å²) in [7, 11) is 0. The molecule has 2 aromatic heterocycles. The van der Waals surface area contributed by atoms with Crippen molar-refractivity contribution in [3.8, 4) is 0 Å². The number of pyridine rings is 1. The molecular formula is C14H18N6O. The smallest absolute Gasteiger partial charge is 0.320 e. The molecule has 0 bridgehead atoms. The van der Waals surface area contributed by atoms with Gasteiger partial charge in [-0.15, -0.1) is 0 Å². The lowest BCUT2D eigenvalue weighted by Gasteiger charge is -2.07. The minimum Gasteiger partial charge on any atom is -0.368 e. The molecule has 0 aromatic carbocycles. The molecule has 7 heteroatoms. The van der Waals surface area contributed by atoms with Crippen molar-refractivity contribution in [2.75, 3.05) is 23.7 Å². The Kier molecular flexibility index (Phi) is 3.81. The van der Waals surface area contributed by atoms with Crippen LogP contribution in [0.4, 0.5) is 16.4 Å². The molecule has 0 unspecified atom stereocenters. The maximum absolute atomic E-state index is 11.5. The SMILES string of the molecule is CCNC(=O)Nc1ccc2ncc(NCC3CC3)nc2n1. The van der Waals surface area contributed by atoms with E-state index >= 15 is 0 Å². The van der Waals surface area contributed by atoms with Gasteiger partial charge >= 0.3 is 6.03 Å². The number of rotatable bonds is 5. The Morgan fingerprint density at radius 3 is 2.86 bits per heavy atom. The van der Waals surface area contributed by atoms with Crippen LogP contribution in [0.3, 0.4) is 0 Å². The minimum absolute atomic E-state index is 0.277. The van der Waals surface area contributed by atoms with E-state index in [0.29, 0.717) is 23.5 Å². The third-order valence-electron chi connectivity index (χ3n) is 3.25. The number of urea groups is 1. The lowest BCUT2D eigenvalue weighted by molar-refractivity contribution is 0.252. The highest BCUT2D eigenvalue weighted by atomic mass is 16.2. The first-order chi connectivity index (χ1) is 10.2. The molecule has 0 saturated heterocycles.